The Balaban J connectivity index is 1.79. The number of halogens is 2. The van der Waals surface area contributed by atoms with E-state index >= 15 is 0 Å². The Bertz CT molecular complexity index is 1080. The molecule has 0 aliphatic heterocycles. The van der Waals surface area contributed by atoms with E-state index in [0.717, 1.165) is 10.9 Å². The summed E-state index contributed by atoms with van der Waals surface area (Å²) >= 11 is 12.6. The average molecular weight is 387 g/mol. The molecule has 0 aliphatic rings. The number of hydrogen-bond donors (Lipinski definition) is 1. The summed E-state index contributed by atoms with van der Waals surface area (Å²) in [4.78, 5) is 12.5. The molecule has 0 amide bonds. The van der Waals surface area contributed by atoms with Crippen LogP contribution >= 0.6 is 23.2 Å². The van der Waals surface area contributed by atoms with Crippen LogP contribution in [0.1, 0.15) is 0 Å². The van der Waals surface area contributed by atoms with Crippen LogP contribution in [-0.2, 0) is 0 Å². The summed E-state index contributed by atoms with van der Waals surface area (Å²) < 4.78 is 6.75. The van der Waals surface area contributed by atoms with Crippen molar-refractivity contribution in [3.05, 3.63) is 59.1 Å². The monoisotopic (exact) mass is 386 g/mol. The highest BCUT2D eigenvalue weighted by Gasteiger charge is 2.13. The van der Waals surface area contributed by atoms with Gasteiger partial charge in [0.2, 0.25) is 5.88 Å². The molecule has 0 saturated carbocycles. The van der Waals surface area contributed by atoms with Gasteiger partial charge in [-0.15, -0.1) is 0 Å². The Morgan fingerprint density at radius 3 is 2.65 bits per heavy atom. The predicted octanol–water partition coefficient (Wildman–Crippen LogP) is 4.27. The smallest absolute Gasteiger partial charge is 0.218 e. The molecule has 4 rings (SSSR count). The summed E-state index contributed by atoms with van der Waals surface area (Å²) in [6.07, 6.45) is 4.89. The zero-order valence-electron chi connectivity index (χ0n) is 13.5. The number of anilines is 2. The maximum atomic E-state index is 6.29. The van der Waals surface area contributed by atoms with Crippen molar-refractivity contribution in [3.8, 4) is 11.6 Å². The third-order valence-electron chi connectivity index (χ3n) is 3.70. The molecule has 0 spiro atoms. The molecule has 0 unspecified atom stereocenters. The van der Waals surface area contributed by atoms with Gasteiger partial charge in [0, 0.05) is 18.5 Å². The highest BCUT2D eigenvalue weighted by molar-refractivity contribution is 6.37. The number of hydrogen-bond acceptors (Lipinski definition) is 6. The minimum absolute atomic E-state index is 0.452. The number of pyridine rings is 1. The van der Waals surface area contributed by atoms with Gasteiger partial charge in [0.25, 0.3) is 0 Å². The molecule has 0 radical (unpaired) electrons. The molecule has 3 heterocycles. The van der Waals surface area contributed by atoms with Crippen molar-refractivity contribution in [3.63, 3.8) is 0 Å². The van der Waals surface area contributed by atoms with Gasteiger partial charge in [-0.05, 0) is 18.2 Å². The number of rotatable bonds is 4. The SMILES string of the molecule is COc1cc(Nc2nccc3nn(-c4c(Cl)cccc4Cl)cc23)ncn1. The van der Waals surface area contributed by atoms with Crippen LogP contribution in [0, 0.1) is 0 Å². The first-order valence-corrected chi connectivity index (χ1v) is 8.33. The lowest BCUT2D eigenvalue weighted by atomic mass is 10.3. The van der Waals surface area contributed by atoms with E-state index in [-0.39, 0.29) is 0 Å². The van der Waals surface area contributed by atoms with E-state index in [4.69, 9.17) is 27.9 Å². The second-order valence-corrected chi connectivity index (χ2v) is 6.12. The Morgan fingerprint density at radius 2 is 1.88 bits per heavy atom. The molecule has 26 heavy (non-hydrogen) atoms. The number of fused-ring (bicyclic) bond motifs is 1. The van der Waals surface area contributed by atoms with Crippen LogP contribution in [0.3, 0.4) is 0 Å². The van der Waals surface area contributed by atoms with Crippen LogP contribution in [0.2, 0.25) is 10.0 Å². The van der Waals surface area contributed by atoms with Crippen molar-refractivity contribution < 1.29 is 4.74 Å². The Labute approximate surface area is 158 Å². The minimum Gasteiger partial charge on any atom is -0.481 e. The van der Waals surface area contributed by atoms with Crippen LogP contribution in [0.25, 0.3) is 16.6 Å². The van der Waals surface area contributed by atoms with Crippen molar-refractivity contribution in [2.45, 2.75) is 0 Å². The average Bonchev–Trinajstić information content (AvgIpc) is 3.06. The molecule has 0 aliphatic carbocycles. The second-order valence-electron chi connectivity index (χ2n) is 5.31. The molecule has 130 valence electrons. The highest BCUT2D eigenvalue weighted by Crippen LogP contribution is 2.31. The quantitative estimate of drug-likeness (QED) is 0.564. The highest BCUT2D eigenvalue weighted by atomic mass is 35.5. The molecule has 0 bridgehead atoms. The van der Waals surface area contributed by atoms with Gasteiger partial charge in [-0.1, -0.05) is 29.3 Å². The third kappa shape index (κ3) is 3.02. The van der Waals surface area contributed by atoms with E-state index in [0.29, 0.717) is 33.2 Å². The topological polar surface area (TPSA) is 77.8 Å². The van der Waals surface area contributed by atoms with E-state index in [1.807, 2.05) is 12.3 Å². The lowest BCUT2D eigenvalue weighted by Crippen LogP contribution is -1.98. The fraction of sp³-hybridized carbons (Fsp3) is 0.0588. The van der Waals surface area contributed by atoms with Crippen LogP contribution in [0.4, 0.5) is 11.6 Å². The number of aromatic nitrogens is 5. The lowest BCUT2D eigenvalue weighted by molar-refractivity contribution is 0.397. The van der Waals surface area contributed by atoms with Crippen LogP contribution in [0.5, 0.6) is 5.88 Å². The van der Waals surface area contributed by atoms with Gasteiger partial charge < -0.3 is 10.1 Å². The van der Waals surface area contributed by atoms with Gasteiger partial charge in [-0.2, -0.15) is 5.10 Å². The van der Waals surface area contributed by atoms with Crippen LogP contribution in [0.15, 0.2) is 49.1 Å². The zero-order chi connectivity index (χ0) is 18.1. The van der Waals surface area contributed by atoms with Gasteiger partial charge in [-0.25, -0.2) is 19.6 Å². The van der Waals surface area contributed by atoms with Gasteiger partial charge in [-0.3, -0.25) is 0 Å². The predicted molar refractivity (Wildman–Crippen MR) is 101 cm³/mol. The number of nitrogens with zero attached hydrogens (tertiary/aromatic N) is 5. The van der Waals surface area contributed by atoms with E-state index in [1.54, 1.807) is 42.3 Å². The zero-order valence-corrected chi connectivity index (χ0v) is 15.0. The van der Waals surface area contributed by atoms with Gasteiger partial charge in [0.1, 0.15) is 23.7 Å². The first-order valence-electron chi connectivity index (χ1n) is 7.57. The summed E-state index contributed by atoms with van der Waals surface area (Å²) in [6, 6.07) is 8.80. The van der Waals surface area contributed by atoms with Crippen molar-refractivity contribution in [1.82, 2.24) is 24.7 Å². The molecule has 1 N–H and O–H groups in total. The summed E-state index contributed by atoms with van der Waals surface area (Å²) in [5.74, 6) is 1.60. The second kappa shape index (κ2) is 6.78. The number of methoxy groups -OCH3 is 1. The van der Waals surface area contributed by atoms with E-state index < -0.39 is 0 Å². The Morgan fingerprint density at radius 1 is 1.08 bits per heavy atom. The number of nitrogens with one attached hydrogen (secondary N) is 1. The summed E-state index contributed by atoms with van der Waals surface area (Å²) in [5.41, 5.74) is 1.35. The number of benzene rings is 1. The van der Waals surface area contributed by atoms with Gasteiger partial charge >= 0.3 is 0 Å². The molecule has 4 aromatic rings. The first-order chi connectivity index (χ1) is 12.7. The minimum atomic E-state index is 0.452. The molecular formula is C17H12Cl2N6O. The third-order valence-corrected chi connectivity index (χ3v) is 4.31. The normalized spacial score (nSPS) is 10.9. The molecule has 1 aromatic carbocycles. The number of ether oxygens (including phenoxy) is 1. The van der Waals surface area contributed by atoms with Gasteiger partial charge in [0.15, 0.2) is 0 Å². The fourth-order valence-electron chi connectivity index (χ4n) is 2.51. The van der Waals surface area contributed by atoms with Crippen molar-refractivity contribution in [1.29, 1.82) is 0 Å². The van der Waals surface area contributed by atoms with E-state index in [1.165, 1.54) is 6.33 Å². The van der Waals surface area contributed by atoms with E-state index in [9.17, 15) is 0 Å². The van der Waals surface area contributed by atoms with Crippen molar-refractivity contribution in [2.75, 3.05) is 12.4 Å². The molecule has 0 saturated heterocycles. The maximum absolute atomic E-state index is 6.29. The van der Waals surface area contributed by atoms with E-state index in [2.05, 4.69) is 25.4 Å². The summed E-state index contributed by atoms with van der Waals surface area (Å²) in [5, 5.41) is 9.51. The summed E-state index contributed by atoms with van der Waals surface area (Å²) in [6.45, 7) is 0. The lowest BCUT2D eigenvalue weighted by Gasteiger charge is -2.06. The van der Waals surface area contributed by atoms with Crippen molar-refractivity contribution >= 4 is 45.7 Å². The number of para-hydroxylation sites is 1. The molecule has 7 nitrogen and oxygen atoms in total. The van der Waals surface area contributed by atoms with Crippen molar-refractivity contribution in [2.24, 2.45) is 0 Å². The molecule has 9 heteroatoms. The Hall–Kier alpha value is -2.90. The molecular weight excluding hydrogens is 375 g/mol. The molecule has 0 atom stereocenters. The van der Waals surface area contributed by atoms with Gasteiger partial charge in [0.05, 0.1) is 28.1 Å². The van der Waals surface area contributed by atoms with Crippen LogP contribution in [-0.4, -0.2) is 31.8 Å². The van der Waals surface area contributed by atoms with Crippen LogP contribution < -0.4 is 10.1 Å². The standard InChI is InChI=1S/C17H12Cl2N6O/c1-26-15-7-14(21-9-22-15)23-17-10-8-25(24-13(10)5-6-20-17)16-11(18)3-2-4-12(16)19/h2-9H,1H3,(H,20,21,22,23). The first kappa shape index (κ1) is 16.6. The Kier molecular flexibility index (Phi) is 4.32. The maximum Gasteiger partial charge on any atom is 0.218 e. The molecule has 0 fully saturated rings. The largest absolute Gasteiger partial charge is 0.481 e. The summed E-state index contributed by atoms with van der Waals surface area (Å²) in [7, 11) is 1.54. The molecule has 3 aromatic heterocycles. The fourth-order valence-corrected chi connectivity index (χ4v) is 3.08.